The highest BCUT2D eigenvalue weighted by Gasteiger charge is 2.20. The molecule has 0 saturated carbocycles. The molecule has 0 spiro atoms. The monoisotopic (exact) mass is 375 g/mol. The van der Waals surface area contributed by atoms with E-state index < -0.39 is 0 Å². The number of likely N-dealkylation sites (tertiary alicyclic amines) is 1. The number of carbonyl (C=O) groups excluding carboxylic acids is 1. The molecule has 1 amide bonds. The molecule has 0 radical (unpaired) electrons. The molecule has 0 aliphatic carbocycles. The van der Waals surface area contributed by atoms with Crippen LogP contribution in [0.4, 0.5) is 5.69 Å². The van der Waals surface area contributed by atoms with Crippen LogP contribution in [0.3, 0.4) is 0 Å². The smallest absolute Gasteiger partial charge is 0.253 e. The summed E-state index contributed by atoms with van der Waals surface area (Å²) in [6.45, 7) is 1.65. The molecular weight excluding hydrogens is 350 g/mol. The topological polar surface area (TPSA) is 73.5 Å². The summed E-state index contributed by atoms with van der Waals surface area (Å²) < 4.78 is 1.90. The van der Waals surface area contributed by atoms with E-state index in [2.05, 4.69) is 10.3 Å². The molecule has 3 heterocycles. The number of carbonyl (C=O) groups is 1. The summed E-state index contributed by atoms with van der Waals surface area (Å²) in [7, 11) is 1.82. The number of rotatable bonds is 4. The van der Waals surface area contributed by atoms with E-state index in [1.807, 2.05) is 58.9 Å². The van der Waals surface area contributed by atoms with Crippen LogP contribution >= 0.6 is 0 Å². The first-order valence-corrected chi connectivity index (χ1v) is 9.81. The Hall–Kier alpha value is -3.15. The number of imidazole rings is 1. The van der Waals surface area contributed by atoms with Gasteiger partial charge in [0.2, 0.25) is 0 Å². The predicted molar refractivity (Wildman–Crippen MR) is 111 cm³/mol. The molecule has 28 heavy (non-hydrogen) atoms. The van der Waals surface area contributed by atoms with Crippen LogP contribution in [0.15, 0.2) is 48.8 Å². The van der Waals surface area contributed by atoms with Crippen molar-refractivity contribution in [2.75, 3.05) is 25.5 Å². The van der Waals surface area contributed by atoms with Gasteiger partial charge in [-0.15, -0.1) is 0 Å². The molecular formula is C22H25N5O. The second-order valence-corrected chi connectivity index (χ2v) is 7.16. The molecule has 0 bridgehead atoms. The van der Waals surface area contributed by atoms with Gasteiger partial charge in [0.25, 0.3) is 5.91 Å². The maximum atomic E-state index is 12.9. The standard InChI is InChI=1S/C22H25N5O/c1-24-18-14-16(22(28)26-11-5-2-3-6-12-26)9-10-17(18)21(23)19-15-25-20-8-4-7-13-27(19)20/h4,7-10,13-15,23-24H,2-3,5-6,11-12H2,1H3. The van der Waals surface area contributed by atoms with Gasteiger partial charge in [-0.25, -0.2) is 4.98 Å². The molecule has 2 aromatic heterocycles. The molecule has 1 aliphatic rings. The third-order valence-electron chi connectivity index (χ3n) is 5.37. The summed E-state index contributed by atoms with van der Waals surface area (Å²) in [4.78, 5) is 19.3. The summed E-state index contributed by atoms with van der Waals surface area (Å²) in [5.74, 6) is 0.0753. The van der Waals surface area contributed by atoms with Gasteiger partial charge < -0.3 is 10.2 Å². The van der Waals surface area contributed by atoms with Crippen LogP contribution in [-0.4, -0.2) is 46.0 Å². The number of pyridine rings is 1. The lowest BCUT2D eigenvalue weighted by atomic mass is 10.0. The summed E-state index contributed by atoms with van der Waals surface area (Å²) in [5.41, 5.74) is 4.09. The Kier molecular flexibility index (Phi) is 5.10. The number of nitrogens with one attached hydrogen (secondary N) is 2. The normalized spacial score (nSPS) is 14.7. The Morgan fingerprint density at radius 1 is 1.11 bits per heavy atom. The van der Waals surface area contributed by atoms with Crippen molar-refractivity contribution in [2.45, 2.75) is 25.7 Å². The Morgan fingerprint density at radius 2 is 1.89 bits per heavy atom. The molecule has 144 valence electrons. The van der Waals surface area contributed by atoms with Crippen molar-refractivity contribution in [3.05, 3.63) is 65.6 Å². The fraction of sp³-hybridized carbons (Fsp3) is 0.318. The maximum Gasteiger partial charge on any atom is 0.253 e. The highest BCUT2D eigenvalue weighted by Crippen LogP contribution is 2.23. The number of benzene rings is 1. The van der Waals surface area contributed by atoms with E-state index in [-0.39, 0.29) is 5.91 Å². The summed E-state index contributed by atoms with van der Waals surface area (Å²) in [5, 5.41) is 11.9. The van der Waals surface area contributed by atoms with Crippen molar-refractivity contribution in [3.63, 3.8) is 0 Å². The van der Waals surface area contributed by atoms with Gasteiger partial charge in [0.05, 0.1) is 17.6 Å². The minimum Gasteiger partial charge on any atom is -0.388 e. The van der Waals surface area contributed by atoms with Gasteiger partial charge in [0.15, 0.2) is 0 Å². The third-order valence-corrected chi connectivity index (χ3v) is 5.37. The second-order valence-electron chi connectivity index (χ2n) is 7.16. The maximum absolute atomic E-state index is 12.9. The number of hydrogen-bond donors (Lipinski definition) is 2. The average Bonchev–Trinajstić information content (AvgIpc) is 2.98. The van der Waals surface area contributed by atoms with Gasteiger partial charge in [0.1, 0.15) is 5.65 Å². The predicted octanol–water partition coefficient (Wildman–Crippen LogP) is 3.81. The third kappa shape index (κ3) is 3.38. The van der Waals surface area contributed by atoms with Gasteiger partial charge in [-0.1, -0.05) is 18.9 Å². The fourth-order valence-corrected chi connectivity index (χ4v) is 3.81. The first kappa shape index (κ1) is 18.2. The molecule has 1 fully saturated rings. The van der Waals surface area contributed by atoms with Crippen LogP contribution < -0.4 is 5.32 Å². The average molecular weight is 375 g/mol. The molecule has 6 heteroatoms. The van der Waals surface area contributed by atoms with Gasteiger partial charge in [0, 0.05) is 43.1 Å². The first-order valence-electron chi connectivity index (χ1n) is 9.81. The van der Waals surface area contributed by atoms with Gasteiger partial charge in [-0.2, -0.15) is 0 Å². The van der Waals surface area contributed by atoms with Crippen molar-refractivity contribution < 1.29 is 4.79 Å². The summed E-state index contributed by atoms with van der Waals surface area (Å²) >= 11 is 0. The molecule has 2 N–H and O–H groups in total. The number of nitrogens with zero attached hydrogens (tertiary/aromatic N) is 3. The fourth-order valence-electron chi connectivity index (χ4n) is 3.81. The molecule has 3 aromatic rings. The van der Waals surface area contributed by atoms with Gasteiger partial charge in [-0.3, -0.25) is 14.6 Å². The highest BCUT2D eigenvalue weighted by atomic mass is 16.2. The van der Waals surface area contributed by atoms with Crippen LogP contribution in [0, 0.1) is 5.41 Å². The zero-order valence-corrected chi connectivity index (χ0v) is 16.1. The number of fused-ring (bicyclic) bond motifs is 1. The van der Waals surface area contributed by atoms with Crippen LogP contribution in [0.5, 0.6) is 0 Å². The number of aromatic nitrogens is 2. The largest absolute Gasteiger partial charge is 0.388 e. The molecule has 4 rings (SSSR count). The Balaban J connectivity index is 1.65. The van der Waals surface area contributed by atoms with Gasteiger partial charge in [-0.05, 0) is 43.2 Å². The van der Waals surface area contributed by atoms with Crippen LogP contribution in [0.2, 0.25) is 0 Å². The minimum absolute atomic E-state index is 0.0753. The summed E-state index contributed by atoms with van der Waals surface area (Å²) in [6.07, 6.45) is 8.15. The number of anilines is 1. The minimum atomic E-state index is 0.0753. The Labute approximate surface area is 164 Å². The first-order chi connectivity index (χ1) is 13.7. The van der Waals surface area contributed by atoms with Crippen molar-refractivity contribution in [3.8, 4) is 0 Å². The van der Waals surface area contributed by atoms with Gasteiger partial charge >= 0.3 is 0 Å². The van der Waals surface area contributed by atoms with E-state index in [4.69, 9.17) is 5.41 Å². The molecule has 6 nitrogen and oxygen atoms in total. The Morgan fingerprint density at radius 3 is 2.64 bits per heavy atom. The molecule has 1 aliphatic heterocycles. The van der Waals surface area contributed by atoms with E-state index in [9.17, 15) is 4.79 Å². The highest BCUT2D eigenvalue weighted by molar-refractivity contribution is 6.14. The lowest BCUT2D eigenvalue weighted by Gasteiger charge is -2.21. The van der Waals surface area contributed by atoms with Crippen molar-refractivity contribution in [2.24, 2.45) is 0 Å². The quantitative estimate of drug-likeness (QED) is 0.681. The Bertz CT molecular complexity index is 1010. The zero-order chi connectivity index (χ0) is 19.5. The van der Waals surface area contributed by atoms with E-state index >= 15 is 0 Å². The molecule has 1 aromatic carbocycles. The SMILES string of the molecule is CNc1cc(C(=O)N2CCCCCC2)ccc1C(=N)c1cnc2ccccn12. The van der Waals surface area contributed by atoms with Crippen LogP contribution in [0.25, 0.3) is 5.65 Å². The number of hydrogen-bond acceptors (Lipinski definition) is 4. The van der Waals surface area contributed by atoms with Crippen molar-refractivity contribution in [1.29, 1.82) is 5.41 Å². The van der Waals surface area contributed by atoms with E-state index in [1.54, 1.807) is 6.20 Å². The molecule has 0 unspecified atom stereocenters. The lowest BCUT2D eigenvalue weighted by molar-refractivity contribution is 0.0761. The van der Waals surface area contributed by atoms with Crippen molar-refractivity contribution >= 4 is 23.0 Å². The van der Waals surface area contributed by atoms with Crippen molar-refractivity contribution in [1.82, 2.24) is 14.3 Å². The van der Waals surface area contributed by atoms with Crippen LogP contribution in [-0.2, 0) is 0 Å². The summed E-state index contributed by atoms with van der Waals surface area (Å²) in [6, 6.07) is 11.3. The zero-order valence-electron chi connectivity index (χ0n) is 16.1. The number of amides is 1. The van der Waals surface area contributed by atoms with Crippen LogP contribution in [0.1, 0.15) is 47.3 Å². The second kappa shape index (κ2) is 7.84. The van der Waals surface area contributed by atoms with E-state index in [0.717, 1.165) is 48.5 Å². The lowest BCUT2D eigenvalue weighted by Crippen LogP contribution is -2.31. The molecule has 0 atom stereocenters. The van der Waals surface area contributed by atoms with E-state index in [0.29, 0.717) is 11.3 Å². The molecule has 1 saturated heterocycles. The van der Waals surface area contributed by atoms with E-state index in [1.165, 1.54) is 12.8 Å².